The third kappa shape index (κ3) is 4.06. The van der Waals surface area contributed by atoms with E-state index in [4.69, 9.17) is 4.74 Å². The number of Topliss-reactive ketones (excluding diaryl/α,β-unsaturated/α-hetero) is 1. The fourth-order valence-electron chi connectivity index (χ4n) is 1.03. The maximum atomic E-state index is 11.0. The number of aliphatic hydroxyl groups is 1. The second kappa shape index (κ2) is 6.42. The van der Waals surface area contributed by atoms with Crippen LogP contribution in [0.2, 0.25) is 0 Å². The van der Waals surface area contributed by atoms with Gasteiger partial charge in [-0.2, -0.15) is 0 Å². The minimum atomic E-state index is -0.522. The summed E-state index contributed by atoms with van der Waals surface area (Å²) in [4.78, 5) is 11.0. The summed E-state index contributed by atoms with van der Waals surface area (Å²) in [5.74, 6) is -1.20. The van der Waals surface area contributed by atoms with Crippen molar-refractivity contribution in [3.05, 3.63) is 42.0 Å². The Hall–Kier alpha value is -2.17. The summed E-state index contributed by atoms with van der Waals surface area (Å²) >= 11 is 0. The lowest BCUT2D eigenvalue weighted by atomic mass is 10.3. The number of azo groups is 1. The molecule has 0 aromatic heterocycles. The van der Waals surface area contributed by atoms with Gasteiger partial charge in [0.05, 0.1) is 12.3 Å². The second-order valence-corrected chi connectivity index (χ2v) is 3.18. The Bertz CT molecular complexity index is 438. The number of aliphatic hydroxyl groups excluding tert-OH is 1. The van der Waals surface area contributed by atoms with Crippen LogP contribution in [0.4, 0.5) is 5.69 Å². The molecule has 0 heterocycles. The Kier molecular flexibility index (Phi) is 4.87. The van der Waals surface area contributed by atoms with Crippen LogP contribution in [0.25, 0.3) is 0 Å². The molecular weight excluding hydrogens is 220 g/mol. The molecule has 0 atom stereocenters. The highest BCUT2D eigenvalue weighted by molar-refractivity contribution is 5.91. The van der Waals surface area contributed by atoms with Crippen molar-refractivity contribution in [2.45, 2.75) is 13.8 Å². The smallest absolute Gasteiger partial charge is 0.279 e. The maximum absolute atomic E-state index is 11.0. The van der Waals surface area contributed by atoms with Crippen LogP contribution in [-0.2, 0) is 9.53 Å². The Morgan fingerprint density at radius 2 is 2.00 bits per heavy atom. The largest absolute Gasteiger partial charge is 0.501 e. The zero-order valence-electron chi connectivity index (χ0n) is 9.75. The normalized spacial score (nSPS) is 12.4. The fourth-order valence-corrected chi connectivity index (χ4v) is 1.03. The van der Waals surface area contributed by atoms with Gasteiger partial charge in [0.25, 0.3) is 5.88 Å². The fraction of sp³-hybridized carbons (Fsp3) is 0.250. The van der Waals surface area contributed by atoms with E-state index in [2.05, 4.69) is 10.2 Å². The molecule has 17 heavy (non-hydrogen) atoms. The molecule has 0 unspecified atom stereocenters. The first-order valence-corrected chi connectivity index (χ1v) is 5.19. The predicted molar refractivity (Wildman–Crippen MR) is 62.9 cm³/mol. The van der Waals surface area contributed by atoms with Crippen LogP contribution in [-0.4, -0.2) is 17.5 Å². The van der Waals surface area contributed by atoms with Gasteiger partial charge in [0.1, 0.15) is 0 Å². The van der Waals surface area contributed by atoms with Crippen molar-refractivity contribution in [2.24, 2.45) is 10.2 Å². The van der Waals surface area contributed by atoms with Crippen molar-refractivity contribution in [1.29, 1.82) is 0 Å². The molecule has 0 spiro atoms. The molecule has 5 nitrogen and oxygen atoms in total. The molecule has 1 N–H and O–H groups in total. The Labute approximate surface area is 99.4 Å². The van der Waals surface area contributed by atoms with E-state index in [9.17, 15) is 9.90 Å². The standard InChI is InChI=1S/C12H14N2O3/c1-3-17-12(11(16)9(2)15)14-13-10-7-5-4-6-8-10/h4-8,16H,3H2,1-2H3. The van der Waals surface area contributed by atoms with Crippen LogP contribution in [0.15, 0.2) is 52.2 Å². The lowest BCUT2D eigenvalue weighted by Gasteiger charge is -2.03. The van der Waals surface area contributed by atoms with Crippen molar-refractivity contribution < 1.29 is 14.6 Å². The zero-order chi connectivity index (χ0) is 12.7. The third-order valence-electron chi connectivity index (χ3n) is 1.83. The summed E-state index contributed by atoms with van der Waals surface area (Å²) in [5, 5.41) is 17.0. The molecule has 0 fully saturated rings. The minimum Gasteiger partial charge on any atom is -0.501 e. The van der Waals surface area contributed by atoms with Gasteiger partial charge in [0.2, 0.25) is 5.76 Å². The van der Waals surface area contributed by atoms with Gasteiger partial charge >= 0.3 is 0 Å². The summed E-state index contributed by atoms with van der Waals surface area (Å²) < 4.78 is 5.04. The van der Waals surface area contributed by atoms with Crippen LogP contribution < -0.4 is 0 Å². The van der Waals surface area contributed by atoms with Crippen molar-refractivity contribution in [1.82, 2.24) is 0 Å². The molecule has 5 heteroatoms. The molecular formula is C12H14N2O3. The van der Waals surface area contributed by atoms with E-state index in [1.54, 1.807) is 19.1 Å². The minimum absolute atomic E-state index is 0.163. The monoisotopic (exact) mass is 234 g/mol. The molecule has 1 aromatic rings. The predicted octanol–water partition coefficient (Wildman–Crippen LogP) is 3.12. The van der Waals surface area contributed by atoms with Gasteiger partial charge in [0, 0.05) is 6.92 Å². The van der Waals surface area contributed by atoms with Crippen LogP contribution in [0.5, 0.6) is 0 Å². The molecule has 0 saturated heterocycles. The van der Waals surface area contributed by atoms with E-state index >= 15 is 0 Å². The first kappa shape index (κ1) is 12.9. The molecule has 1 rings (SSSR count). The topological polar surface area (TPSA) is 71.2 Å². The highest BCUT2D eigenvalue weighted by Gasteiger charge is 2.10. The number of hydrogen-bond acceptors (Lipinski definition) is 5. The Morgan fingerprint density at radius 3 is 2.53 bits per heavy atom. The molecule has 90 valence electrons. The van der Waals surface area contributed by atoms with Crippen molar-refractivity contribution >= 4 is 11.5 Å². The van der Waals surface area contributed by atoms with Gasteiger partial charge in [-0.25, -0.2) is 0 Å². The number of benzene rings is 1. The highest BCUT2D eigenvalue weighted by atomic mass is 16.5. The number of carbonyl (C=O) groups excluding carboxylic acids is 1. The number of ether oxygens (including phenoxy) is 1. The first-order valence-electron chi connectivity index (χ1n) is 5.19. The Balaban J connectivity index is 2.92. The van der Waals surface area contributed by atoms with E-state index in [1.165, 1.54) is 6.92 Å². The molecule has 0 aliphatic heterocycles. The summed E-state index contributed by atoms with van der Waals surface area (Å²) in [5.41, 5.74) is 0.612. The van der Waals surface area contributed by atoms with Gasteiger partial charge in [-0.15, -0.1) is 10.2 Å². The molecule has 0 amide bonds. The second-order valence-electron chi connectivity index (χ2n) is 3.18. The van der Waals surface area contributed by atoms with Gasteiger partial charge in [-0.3, -0.25) is 4.79 Å². The molecule has 0 saturated carbocycles. The Morgan fingerprint density at radius 1 is 1.35 bits per heavy atom. The van der Waals surface area contributed by atoms with Crippen LogP contribution >= 0.6 is 0 Å². The quantitative estimate of drug-likeness (QED) is 0.483. The zero-order valence-corrected chi connectivity index (χ0v) is 9.75. The van der Waals surface area contributed by atoms with E-state index in [0.29, 0.717) is 12.3 Å². The molecule has 0 radical (unpaired) electrons. The first-order chi connectivity index (χ1) is 8.15. The third-order valence-corrected chi connectivity index (χ3v) is 1.83. The van der Waals surface area contributed by atoms with E-state index in [0.717, 1.165) is 0 Å². The summed E-state index contributed by atoms with van der Waals surface area (Å²) in [6, 6.07) is 8.97. The number of nitrogens with zero attached hydrogens (tertiary/aromatic N) is 2. The summed E-state index contributed by atoms with van der Waals surface area (Å²) in [6.07, 6.45) is 0. The SMILES string of the molecule is CCOC(N=Nc1ccccc1)=C(O)C(C)=O. The molecule has 0 aliphatic rings. The summed E-state index contributed by atoms with van der Waals surface area (Å²) in [6.45, 7) is 3.25. The number of hydrogen-bond donors (Lipinski definition) is 1. The van der Waals surface area contributed by atoms with Crippen LogP contribution in [0, 0.1) is 0 Å². The number of allylic oxidation sites excluding steroid dienone is 1. The summed E-state index contributed by atoms with van der Waals surface area (Å²) in [7, 11) is 0. The maximum Gasteiger partial charge on any atom is 0.279 e. The van der Waals surface area contributed by atoms with Gasteiger partial charge in [-0.05, 0) is 19.1 Å². The van der Waals surface area contributed by atoms with E-state index < -0.39 is 11.5 Å². The van der Waals surface area contributed by atoms with Crippen LogP contribution in [0.3, 0.4) is 0 Å². The highest BCUT2D eigenvalue weighted by Crippen LogP contribution is 2.14. The van der Waals surface area contributed by atoms with Gasteiger partial charge < -0.3 is 9.84 Å². The average molecular weight is 234 g/mol. The lowest BCUT2D eigenvalue weighted by molar-refractivity contribution is -0.116. The van der Waals surface area contributed by atoms with Gasteiger partial charge in [0.15, 0.2) is 5.78 Å². The average Bonchev–Trinajstić information content (AvgIpc) is 2.34. The van der Waals surface area contributed by atoms with Crippen molar-refractivity contribution in [2.75, 3.05) is 6.61 Å². The van der Waals surface area contributed by atoms with E-state index in [1.807, 2.05) is 18.2 Å². The van der Waals surface area contributed by atoms with Crippen LogP contribution in [0.1, 0.15) is 13.8 Å². The molecule has 0 bridgehead atoms. The number of ketones is 1. The number of rotatable bonds is 5. The lowest BCUT2D eigenvalue weighted by Crippen LogP contribution is -2.02. The van der Waals surface area contributed by atoms with Gasteiger partial charge in [-0.1, -0.05) is 18.2 Å². The van der Waals surface area contributed by atoms with Crippen molar-refractivity contribution in [3.8, 4) is 0 Å². The molecule has 1 aromatic carbocycles. The van der Waals surface area contributed by atoms with Crippen molar-refractivity contribution in [3.63, 3.8) is 0 Å². The van der Waals surface area contributed by atoms with E-state index in [-0.39, 0.29) is 5.88 Å². The molecule has 0 aliphatic carbocycles. The number of carbonyl (C=O) groups is 1.